The summed E-state index contributed by atoms with van der Waals surface area (Å²) in [5.74, 6) is -0.473. The summed E-state index contributed by atoms with van der Waals surface area (Å²) in [6.07, 6.45) is -7.72. The number of nitrogens with zero attached hydrogens (tertiary/aromatic N) is 4. The third kappa shape index (κ3) is 5.68. The van der Waals surface area contributed by atoms with E-state index in [9.17, 15) is 35.8 Å². The number of hydrogen-bond donors (Lipinski definition) is 2. The van der Waals surface area contributed by atoms with Gasteiger partial charge in [0.25, 0.3) is 0 Å². The van der Waals surface area contributed by atoms with Crippen molar-refractivity contribution in [1.82, 2.24) is 20.0 Å². The topological polar surface area (TPSA) is 64.5 Å². The fourth-order valence-electron chi connectivity index (χ4n) is 5.44. The first-order chi connectivity index (χ1) is 20.1. The number of alkyl halides is 6. The second-order valence-electron chi connectivity index (χ2n) is 10.5. The number of aliphatic hydroxyl groups is 1. The monoisotopic (exact) mass is 605 g/mol. The van der Waals surface area contributed by atoms with Gasteiger partial charge >= 0.3 is 12.4 Å². The predicted molar refractivity (Wildman–Crippen MR) is 145 cm³/mol. The number of anilines is 1. The van der Waals surface area contributed by atoms with Crippen LogP contribution >= 0.6 is 0 Å². The number of fused-ring (bicyclic) bond motifs is 1. The van der Waals surface area contributed by atoms with E-state index in [0.717, 1.165) is 24.1 Å². The predicted octanol–water partition coefficient (Wildman–Crippen LogP) is 7.86. The van der Waals surface area contributed by atoms with Crippen molar-refractivity contribution in [2.45, 2.75) is 44.2 Å². The van der Waals surface area contributed by atoms with E-state index in [1.807, 2.05) is 16.9 Å². The summed E-state index contributed by atoms with van der Waals surface area (Å²) in [5, 5.41) is 18.2. The van der Waals surface area contributed by atoms with Crippen LogP contribution in [0.25, 0.3) is 11.3 Å². The van der Waals surface area contributed by atoms with Gasteiger partial charge in [-0.15, -0.1) is 0 Å². The Kier molecular flexibility index (Phi) is 7.49. The summed E-state index contributed by atoms with van der Waals surface area (Å²) in [6, 6.07) is 8.95. The average Bonchev–Trinajstić information content (AvgIpc) is 3.34. The van der Waals surface area contributed by atoms with Crippen LogP contribution in [0.15, 0.2) is 90.7 Å². The van der Waals surface area contributed by atoms with Gasteiger partial charge in [0.2, 0.25) is 0 Å². The number of halogens is 7. The number of hydrogen-bond acceptors (Lipinski definition) is 6. The zero-order valence-corrected chi connectivity index (χ0v) is 22.8. The van der Waals surface area contributed by atoms with E-state index in [1.165, 1.54) is 12.1 Å². The summed E-state index contributed by atoms with van der Waals surface area (Å²) in [4.78, 5) is 7.01. The van der Waals surface area contributed by atoms with Gasteiger partial charge in [0.05, 0.1) is 34.6 Å². The largest absolute Gasteiger partial charge is 0.509 e. The number of benzene rings is 2. The number of hydrazine groups is 1. The molecule has 6 nitrogen and oxygen atoms in total. The van der Waals surface area contributed by atoms with Crippen LogP contribution in [0.2, 0.25) is 0 Å². The van der Waals surface area contributed by atoms with E-state index >= 15 is 0 Å². The Morgan fingerprint density at radius 2 is 1.72 bits per heavy atom. The van der Waals surface area contributed by atoms with Crippen molar-refractivity contribution in [2.24, 2.45) is 0 Å². The van der Waals surface area contributed by atoms with E-state index in [2.05, 4.69) is 28.4 Å². The Morgan fingerprint density at radius 1 is 1.02 bits per heavy atom. The third-order valence-corrected chi connectivity index (χ3v) is 7.66. The molecule has 43 heavy (non-hydrogen) atoms. The maximum atomic E-state index is 13.6. The number of rotatable bonds is 6. The zero-order valence-electron chi connectivity index (χ0n) is 22.8. The Hall–Kier alpha value is -4.39. The third-order valence-electron chi connectivity index (χ3n) is 7.66. The van der Waals surface area contributed by atoms with Gasteiger partial charge in [0.15, 0.2) is 0 Å². The lowest BCUT2D eigenvalue weighted by Crippen LogP contribution is -2.56. The van der Waals surface area contributed by atoms with Crippen LogP contribution in [0, 0.1) is 5.82 Å². The SMILES string of the molecule is C=C(Nc1ccc(C(F)(F)F)cc1-c1cc(C(F)(F)F)ncn1)C1=C(O)C2(C)CCCN2N(Cc2ccc(F)cc2)C1=C. The van der Waals surface area contributed by atoms with Crippen LogP contribution in [-0.4, -0.2) is 37.2 Å². The van der Waals surface area contributed by atoms with Gasteiger partial charge in [-0.3, -0.25) is 0 Å². The molecule has 2 aliphatic rings. The molecule has 1 fully saturated rings. The Morgan fingerprint density at radius 3 is 2.37 bits per heavy atom. The quantitative estimate of drug-likeness (QED) is 0.279. The highest BCUT2D eigenvalue weighted by atomic mass is 19.4. The second kappa shape index (κ2) is 10.7. The molecule has 5 rings (SSSR count). The van der Waals surface area contributed by atoms with Crippen LogP contribution in [0.5, 0.6) is 0 Å². The van der Waals surface area contributed by atoms with Crippen LogP contribution in [0.1, 0.15) is 36.6 Å². The molecule has 1 atom stereocenters. The standard InChI is InChI=1S/C30H26F7N5O/c1-17(26-18(2)41(15-19-5-8-21(31)9-6-19)42-12-4-11-28(42,3)27(26)43)40-23-10-7-20(29(32,33)34)13-22(23)24-14-25(30(35,36)37)39-16-38-24/h5-10,13-14,16,40,43H,1-2,4,11-12,15H2,3H3. The van der Waals surface area contributed by atoms with Crippen LogP contribution < -0.4 is 5.32 Å². The lowest BCUT2D eigenvalue weighted by Gasteiger charge is -2.49. The van der Waals surface area contributed by atoms with Crippen molar-refractivity contribution in [3.8, 4) is 11.3 Å². The van der Waals surface area contributed by atoms with E-state index in [1.54, 1.807) is 12.1 Å². The average molecular weight is 606 g/mol. The van der Waals surface area contributed by atoms with Crippen LogP contribution in [0.4, 0.5) is 36.4 Å². The molecule has 1 saturated heterocycles. The first kappa shape index (κ1) is 30.1. The molecule has 2 aliphatic heterocycles. The summed E-state index contributed by atoms with van der Waals surface area (Å²) in [5.41, 5.74) is -2.74. The highest BCUT2D eigenvalue weighted by Gasteiger charge is 2.49. The summed E-state index contributed by atoms with van der Waals surface area (Å²) in [7, 11) is 0. The van der Waals surface area contributed by atoms with Crippen molar-refractivity contribution in [3.05, 3.63) is 113 Å². The van der Waals surface area contributed by atoms with Crippen molar-refractivity contribution >= 4 is 5.69 Å². The van der Waals surface area contributed by atoms with Crippen molar-refractivity contribution in [2.75, 3.05) is 11.9 Å². The summed E-state index contributed by atoms with van der Waals surface area (Å²) < 4.78 is 94.5. The highest BCUT2D eigenvalue weighted by molar-refractivity contribution is 5.79. The van der Waals surface area contributed by atoms with Gasteiger partial charge in [-0.2, -0.15) is 26.3 Å². The van der Waals surface area contributed by atoms with E-state index in [4.69, 9.17) is 0 Å². The minimum Gasteiger partial charge on any atom is -0.509 e. The molecule has 13 heteroatoms. The highest BCUT2D eigenvalue weighted by Crippen LogP contribution is 2.46. The molecule has 226 valence electrons. The van der Waals surface area contributed by atoms with Crippen LogP contribution in [0.3, 0.4) is 0 Å². The molecule has 0 aliphatic carbocycles. The molecule has 3 heterocycles. The van der Waals surface area contributed by atoms with Crippen molar-refractivity contribution in [1.29, 1.82) is 0 Å². The molecule has 2 aromatic carbocycles. The molecule has 1 unspecified atom stereocenters. The molecule has 2 N–H and O–H groups in total. The van der Waals surface area contributed by atoms with E-state index < -0.39 is 40.7 Å². The molecule has 1 aromatic heterocycles. The summed E-state index contributed by atoms with van der Waals surface area (Å²) in [6.45, 7) is 10.9. The molecule has 3 aromatic rings. The normalized spacial score (nSPS) is 19.5. The lowest BCUT2D eigenvalue weighted by atomic mass is 9.89. The number of aliphatic hydroxyl groups excluding tert-OH is 1. The second-order valence-corrected chi connectivity index (χ2v) is 10.5. The van der Waals surface area contributed by atoms with E-state index in [-0.39, 0.29) is 34.8 Å². The van der Waals surface area contributed by atoms with Gasteiger partial charge < -0.3 is 15.4 Å². The molecular weight excluding hydrogens is 579 g/mol. The number of nitrogens with one attached hydrogen (secondary N) is 1. The van der Waals surface area contributed by atoms with Gasteiger partial charge in [0, 0.05) is 23.5 Å². The van der Waals surface area contributed by atoms with Gasteiger partial charge in [-0.05, 0) is 61.7 Å². The molecule has 0 saturated carbocycles. The first-order valence-corrected chi connectivity index (χ1v) is 13.1. The molecule has 0 amide bonds. The molecule has 0 spiro atoms. The lowest BCUT2D eigenvalue weighted by molar-refractivity contribution is -0.141. The Labute approximate surface area is 242 Å². The minimum atomic E-state index is -4.86. The fourth-order valence-corrected chi connectivity index (χ4v) is 5.44. The first-order valence-electron chi connectivity index (χ1n) is 13.1. The maximum Gasteiger partial charge on any atom is 0.433 e. The Balaban J connectivity index is 1.55. The number of aromatic nitrogens is 2. The molecule has 0 bridgehead atoms. The summed E-state index contributed by atoms with van der Waals surface area (Å²) >= 11 is 0. The van der Waals surface area contributed by atoms with Crippen molar-refractivity contribution < 1.29 is 35.8 Å². The van der Waals surface area contributed by atoms with Crippen molar-refractivity contribution in [3.63, 3.8) is 0 Å². The Bertz CT molecular complexity index is 1610. The van der Waals surface area contributed by atoms with Crippen LogP contribution in [-0.2, 0) is 18.9 Å². The zero-order chi connectivity index (χ0) is 31.3. The van der Waals surface area contributed by atoms with Gasteiger partial charge in [-0.1, -0.05) is 25.3 Å². The van der Waals surface area contributed by atoms with E-state index in [0.29, 0.717) is 37.1 Å². The maximum absolute atomic E-state index is 13.6. The minimum absolute atomic E-state index is 0.0398. The van der Waals surface area contributed by atoms with Gasteiger partial charge in [0.1, 0.15) is 23.6 Å². The molecular formula is C30H26F7N5O. The van der Waals surface area contributed by atoms with Gasteiger partial charge in [-0.25, -0.2) is 19.4 Å². The molecule has 0 radical (unpaired) electrons. The smallest absolute Gasteiger partial charge is 0.433 e. The fraction of sp³-hybridized carbons (Fsp3) is 0.267.